The molecule has 2 amide bonds. The highest BCUT2D eigenvalue weighted by molar-refractivity contribution is 6.02. The van der Waals surface area contributed by atoms with Crippen LogP contribution >= 0.6 is 0 Å². The van der Waals surface area contributed by atoms with Gasteiger partial charge in [0, 0.05) is 12.0 Å². The Hall–Kier alpha value is -2.10. The van der Waals surface area contributed by atoms with Gasteiger partial charge in [-0.25, -0.2) is 0 Å². The molecule has 0 bridgehead atoms. The molecule has 138 valence electrons. The molecule has 0 aliphatic rings. The monoisotopic (exact) mass is 344 g/mol. The van der Waals surface area contributed by atoms with Crippen molar-refractivity contribution in [3.63, 3.8) is 0 Å². The molecule has 0 aliphatic heterocycles. The van der Waals surface area contributed by atoms with Crippen molar-refractivity contribution in [2.75, 3.05) is 6.54 Å². The predicted octanol–water partition coefficient (Wildman–Crippen LogP) is 4.09. The molecule has 1 aromatic carbocycles. The molecule has 1 rings (SSSR count). The summed E-state index contributed by atoms with van der Waals surface area (Å²) in [5.41, 5.74) is 1.83. The van der Waals surface area contributed by atoms with E-state index in [9.17, 15) is 9.59 Å². The number of carbonyl (C=O) groups is 2. The number of hydrogen-bond acceptors (Lipinski definition) is 2. The van der Waals surface area contributed by atoms with Crippen LogP contribution in [-0.4, -0.2) is 18.4 Å². The summed E-state index contributed by atoms with van der Waals surface area (Å²) in [6.45, 7) is 14.4. The largest absolute Gasteiger partial charge is 0.351 e. The second kappa shape index (κ2) is 8.84. The van der Waals surface area contributed by atoms with Crippen LogP contribution in [0.15, 0.2) is 30.0 Å². The van der Waals surface area contributed by atoms with Crippen molar-refractivity contribution < 1.29 is 9.59 Å². The van der Waals surface area contributed by atoms with E-state index in [1.165, 1.54) is 5.56 Å². The zero-order valence-corrected chi connectivity index (χ0v) is 16.6. The second-order valence-corrected chi connectivity index (χ2v) is 8.19. The second-order valence-electron chi connectivity index (χ2n) is 8.19. The Labute approximate surface area is 152 Å². The SMILES string of the molecule is CC(C)CNC(=O)/C(=C\c1ccc(C(C)C)cc1)NC(=O)C(C)(C)C. The van der Waals surface area contributed by atoms with Crippen molar-refractivity contribution >= 4 is 17.9 Å². The van der Waals surface area contributed by atoms with E-state index in [4.69, 9.17) is 0 Å². The fourth-order valence-corrected chi connectivity index (χ4v) is 2.00. The highest BCUT2D eigenvalue weighted by Gasteiger charge is 2.24. The normalized spacial score (nSPS) is 12.4. The van der Waals surface area contributed by atoms with Crippen molar-refractivity contribution in [3.05, 3.63) is 41.1 Å². The van der Waals surface area contributed by atoms with Gasteiger partial charge < -0.3 is 10.6 Å². The summed E-state index contributed by atoms with van der Waals surface area (Å²) in [5, 5.41) is 5.64. The Morgan fingerprint density at radius 2 is 1.60 bits per heavy atom. The molecule has 0 heterocycles. The maximum absolute atomic E-state index is 12.5. The summed E-state index contributed by atoms with van der Waals surface area (Å²) in [4.78, 5) is 24.8. The molecule has 4 nitrogen and oxygen atoms in total. The molecule has 4 heteroatoms. The smallest absolute Gasteiger partial charge is 0.267 e. The topological polar surface area (TPSA) is 58.2 Å². The van der Waals surface area contributed by atoms with Crippen LogP contribution in [0.3, 0.4) is 0 Å². The van der Waals surface area contributed by atoms with Gasteiger partial charge in [-0.05, 0) is 29.0 Å². The third-order valence-corrected chi connectivity index (χ3v) is 3.76. The molecule has 0 fully saturated rings. The molecule has 0 radical (unpaired) electrons. The summed E-state index contributed by atoms with van der Waals surface area (Å²) < 4.78 is 0. The summed E-state index contributed by atoms with van der Waals surface area (Å²) in [7, 11) is 0. The van der Waals surface area contributed by atoms with Crippen LogP contribution in [0.2, 0.25) is 0 Å². The van der Waals surface area contributed by atoms with E-state index in [1.807, 2.05) is 58.9 Å². The lowest BCUT2D eigenvalue weighted by atomic mass is 9.95. The van der Waals surface area contributed by atoms with Crippen LogP contribution in [-0.2, 0) is 9.59 Å². The van der Waals surface area contributed by atoms with Gasteiger partial charge in [-0.15, -0.1) is 0 Å². The molecule has 0 aliphatic carbocycles. The van der Waals surface area contributed by atoms with Crippen LogP contribution in [0.25, 0.3) is 6.08 Å². The van der Waals surface area contributed by atoms with Crippen molar-refractivity contribution in [2.24, 2.45) is 11.3 Å². The zero-order chi connectivity index (χ0) is 19.2. The number of carbonyl (C=O) groups excluding carboxylic acids is 2. The first-order valence-corrected chi connectivity index (χ1v) is 8.92. The molecule has 1 aromatic rings. The molecule has 0 spiro atoms. The minimum absolute atomic E-state index is 0.183. The Morgan fingerprint density at radius 3 is 2.04 bits per heavy atom. The highest BCUT2D eigenvalue weighted by atomic mass is 16.2. The van der Waals surface area contributed by atoms with E-state index in [0.717, 1.165) is 5.56 Å². The quantitative estimate of drug-likeness (QED) is 0.764. The number of amides is 2. The fraction of sp³-hybridized carbons (Fsp3) is 0.524. The molecule has 0 saturated heterocycles. The van der Waals surface area contributed by atoms with Crippen LogP contribution in [0.5, 0.6) is 0 Å². The van der Waals surface area contributed by atoms with E-state index in [0.29, 0.717) is 18.4 Å². The summed E-state index contributed by atoms with van der Waals surface area (Å²) >= 11 is 0. The van der Waals surface area contributed by atoms with Gasteiger partial charge in [0.25, 0.3) is 5.91 Å². The minimum Gasteiger partial charge on any atom is -0.351 e. The summed E-state index contributed by atoms with van der Waals surface area (Å²) in [6, 6.07) is 8.03. The first kappa shape index (κ1) is 20.9. The predicted molar refractivity (Wildman–Crippen MR) is 104 cm³/mol. The van der Waals surface area contributed by atoms with Gasteiger partial charge in [0.2, 0.25) is 5.91 Å². The van der Waals surface area contributed by atoms with Crippen LogP contribution in [0.1, 0.15) is 65.5 Å². The lowest BCUT2D eigenvalue weighted by Gasteiger charge is -2.19. The Morgan fingerprint density at radius 1 is 1.04 bits per heavy atom. The first-order chi connectivity index (χ1) is 11.5. The molecular weight excluding hydrogens is 312 g/mol. The van der Waals surface area contributed by atoms with Gasteiger partial charge in [-0.1, -0.05) is 72.7 Å². The molecule has 0 saturated carbocycles. The molecule has 25 heavy (non-hydrogen) atoms. The first-order valence-electron chi connectivity index (χ1n) is 8.92. The number of nitrogens with one attached hydrogen (secondary N) is 2. The van der Waals surface area contributed by atoms with E-state index in [1.54, 1.807) is 6.08 Å². The summed E-state index contributed by atoms with van der Waals surface area (Å²) in [6.07, 6.45) is 1.73. The Bertz CT molecular complexity index is 620. The third kappa shape index (κ3) is 7.12. The van der Waals surface area contributed by atoms with Gasteiger partial charge in [-0.3, -0.25) is 9.59 Å². The average Bonchev–Trinajstić information content (AvgIpc) is 2.51. The maximum Gasteiger partial charge on any atom is 0.267 e. The van der Waals surface area contributed by atoms with Gasteiger partial charge in [-0.2, -0.15) is 0 Å². The number of rotatable bonds is 6. The van der Waals surface area contributed by atoms with E-state index in [2.05, 4.69) is 24.5 Å². The third-order valence-electron chi connectivity index (χ3n) is 3.76. The Kier molecular flexibility index (Phi) is 7.40. The molecule has 2 N–H and O–H groups in total. The lowest BCUT2D eigenvalue weighted by molar-refractivity contribution is -0.129. The van der Waals surface area contributed by atoms with E-state index >= 15 is 0 Å². The van der Waals surface area contributed by atoms with Gasteiger partial charge in [0.05, 0.1) is 0 Å². The molecular formula is C21H32N2O2. The standard InChI is InChI=1S/C21H32N2O2/c1-14(2)13-22-19(24)18(23-20(25)21(5,6)7)12-16-8-10-17(11-9-16)15(3)4/h8-12,14-15H,13H2,1-7H3,(H,22,24)(H,23,25)/b18-12+. The summed E-state index contributed by atoms with van der Waals surface area (Å²) in [5.74, 6) is 0.345. The van der Waals surface area contributed by atoms with Crippen molar-refractivity contribution in [1.29, 1.82) is 0 Å². The van der Waals surface area contributed by atoms with Gasteiger partial charge >= 0.3 is 0 Å². The van der Waals surface area contributed by atoms with E-state index < -0.39 is 5.41 Å². The average molecular weight is 344 g/mol. The Balaban J connectivity index is 3.07. The van der Waals surface area contributed by atoms with Crippen molar-refractivity contribution in [2.45, 2.75) is 54.4 Å². The molecule has 0 atom stereocenters. The van der Waals surface area contributed by atoms with Crippen LogP contribution in [0, 0.1) is 11.3 Å². The zero-order valence-electron chi connectivity index (χ0n) is 16.6. The van der Waals surface area contributed by atoms with Gasteiger partial charge in [0.15, 0.2) is 0 Å². The number of hydrogen-bond donors (Lipinski definition) is 2. The van der Waals surface area contributed by atoms with Crippen LogP contribution in [0.4, 0.5) is 0 Å². The number of benzene rings is 1. The highest BCUT2D eigenvalue weighted by Crippen LogP contribution is 2.17. The van der Waals surface area contributed by atoms with Crippen molar-refractivity contribution in [1.82, 2.24) is 10.6 Å². The van der Waals surface area contributed by atoms with Crippen molar-refractivity contribution in [3.8, 4) is 0 Å². The van der Waals surface area contributed by atoms with E-state index in [-0.39, 0.29) is 17.5 Å². The lowest BCUT2D eigenvalue weighted by Crippen LogP contribution is -2.40. The molecule has 0 unspecified atom stereocenters. The van der Waals surface area contributed by atoms with Crippen LogP contribution < -0.4 is 10.6 Å². The minimum atomic E-state index is -0.571. The van der Waals surface area contributed by atoms with Gasteiger partial charge in [0.1, 0.15) is 5.70 Å². The maximum atomic E-state index is 12.5. The molecule has 0 aromatic heterocycles. The fourth-order valence-electron chi connectivity index (χ4n) is 2.00.